The van der Waals surface area contributed by atoms with E-state index in [-0.39, 0.29) is 5.41 Å². The fourth-order valence-electron chi connectivity index (χ4n) is 2.92. The van der Waals surface area contributed by atoms with Crippen molar-refractivity contribution in [2.24, 2.45) is 12.0 Å². The van der Waals surface area contributed by atoms with Gasteiger partial charge in [0.2, 0.25) is 0 Å². The minimum Gasteiger partial charge on any atom is -0.356 e. The van der Waals surface area contributed by atoms with Gasteiger partial charge in [0.15, 0.2) is 5.96 Å². The molecule has 6 nitrogen and oxygen atoms in total. The van der Waals surface area contributed by atoms with Crippen LogP contribution in [0.3, 0.4) is 0 Å². The van der Waals surface area contributed by atoms with Crippen LogP contribution in [0.4, 0.5) is 0 Å². The van der Waals surface area contributed by atoms with Crippen molar-refractivity contribution < 1.29 is 0 Å². The molecular weight excluding hydrogens is 300 g/mol. The van der Waals surface area contributed by atoms with Crippen LogP contribution in [0.15, 0.2) is 41.7 Å². The summed E-state index contributed by atoms with van der Waals surface area (Å²) in [6.45, 7) is 5.91. The quantitative estimate of drug-likeness (QED) is 0.604. The van der Waals surface area contributed by atoms with Crippen LogP contribution in [0.2, 0.25) is 0 Å². The van der Waals surface area contributed by atoms with E-state index in [4.69, 9.17) is 0 Å². The van der Waals surface area contributed by atoms with Gasteiger partial charge in [0.1, 0.15) is 12.2 Å². The van der Waals surface area contributed by atoms with Gasteiger partial charge in [-0.3, -0.25) is 9.67 Å². The predicted octanol–water partition coefficient (Wildman–Crippen LogP) is 2.24. The first-order chi connectivity index (χ1) is 11.6. The third-order valence-corrected chi connectivity index (χ3v) is 4.78. The Morgan fingerprint density at radius 1 is 1.17 bits per heavy atom. The van der Waals surface area contributed by atoms with Crippen molar-refractivity contribution in [2.45, 2.75) is 38.6 Å². The number of nitrogens with one attached hydrogen (secondary N) is 2. The number of aromatic nitrogens is 3. The van der Waals surface area contributed by atoms with Gasteiger partial charge in [-0.05, 0) is 18.4 Å². The van der Waals surface area contributed by atoms with Gasteiger partial charge < -0.3 is 10.6 Å². The molecule has 1 aromatic carbocycles. The van der Waals surface area contributed by atoms with Crippen LogP contribution in [0.5, 0.6) is 0 Å². The molecule has 0 aliphatic rings. The van der Waals surface area contributed by atoms with E-state index in [1.807, 2.05) is 7.05 Å². The Kier molecular flexibility index (Phi) is 6.35. The maximum Gasteiger partial charge on any atom is 0.191 e. The summed E-state index contributed by atoms with van der Waals surface area (Å²) in [4.78, 5) is 8.54. The summed E-state index contributed by atoms with van der Waals surface area (Å²) in [6, 6.07) is 10.7. The zero-order valence-corrected chi connectivity index (χ0v) is 15.1. The molecule has 0 radical (unpaired) electrons. The lowest BCUT2D eigenvalue weighted by Gasteiger charge is -2.33. The van der Waals surface area contributed by atoms with Gasteiger partial charge in [-0.2, -0.15) is 5.10 Å². The summed E-state index contributed by atoms with van der Waals surface area (Å²) in [6.07, 6.45) is 3.70. The number of hydrogen-bond donors (Lipinski definition) is 2. The summed E-state index contributed by atoms with van der Waals surface area (Å²) in [5.41, 5.74) is 1.47. The maximum absolute atomic E-state index is 4.32. The Hall–Kier alpha value is -2.37. The highest BCUT2D eigenvalue weighted by Crippen LogP contribution is 2.30. The second-order valence-electron chi connectivity index (χ2n) is 5.93. The van der Waals surface area contributed by atoms with E-state index >= 15 is 0 Å². The molecule has 0 unspecified atom stereocenters. The van der Waals surface area contributed by atoms with Crippen molar-refractivity contribution >= 4 is 5.96 Å². The topological polar surface area (TPSA) is 67.1 Å². The van der Waals surface area contributed by atoms with Gasteiger partial charge in [0.25, 0.3) is 0 Å². The average molecular weight is 328 g/mol. The number of aliphatic imine (C=N–C) groups is 1. The van der Waals surface area contributed by atoms with Crippen molar-refractivity contribution in [1.29, 1.82) is 0 Å². The number of hydrogen-bond acceptors (Lipinski definition) is 3. The Balaban J connectivity index is 2.01. The third kappa shape index (κ3) is 4.13. The van der Waals surface area contributed by atoms with Gasteiger partial charge >= 0.3 is 0 Å². The molecule has 0 spiro atoms. The number of aryl methyl sites for hydroxylation is 1. The zero-order chi connectivity index (χ0) is 17.4. The molecule has 0 aliphatic heterocycles. The van der Waals surface area contributed by atoms with Crippen molar-refractivity contribution in [3.05, 3.63) is 48.0 Å². The Bertz CT molecular complexity index is 643. The molecule has 2 aromatic rings. The highest BCUT2D eigenvalue weighted by atomic mass is 15.3. The molecule has 0 aliphatic carbocycles. The third-order valence-electron chi connectivity index (χ3n) is 4.78. The molecule has 0 bridgehead atoms. The Labute approximate surface area is 144 Å². The molecular formula is C18H28N6. The van der Waals surface area contributed by atoms with Gasteiger partial charge in [0, 0.05) is 26.1 Å². The first kappa shape index (κ1) is 18.0. The standard InChI is InChI=1S/C18H28N6/c1-5-18(6-2,15-10-8-7-9-11-15)13-21-17(19-3)20-12-16-22-14-23-24(16)4/h7-11,14H,5-6,12-13H2,1-4H3,(H2,19,20,21). The lowest BCUT2D eigenvalue weighted by Crippen LogP contribution is -2.45. The van der Waals surface area contributed by atoms with Crippen molar-refractivity contribution in [3.63, 3.8) is 0 Å². The summed E-state index contributed by atoms with van der Waals surface area (Å²) < 4.78 is 1.76. The van der Waals surface area contributed by atoms with Gasteiger partial charge in [-0.25, -0.2) is 4.98 Å². The average Bonchev–Trinajstić information content (AvgIpc) is 3.04. The van der Waals surface area contributed by atoms with Crippen molar-refractivity contribution in [1.82, 2.24) is 25.4 Å². The highest BCUT2D eigenvalue weighted by molar-refractivity contribution is 5.79. The number of guanidine groups is 1. The first-order valence-electron chi connectivity index (χ1n) is 8.48. The molecule has 2 rings (SSSR count). The van der Waals surface area contributed by atoms with Crippen LogP contribution in [0, 0.1) is 0 Å². The predicted molar refractivity (Wildman–Crippen MR) is 97.9 cm³/mol. The smallest absolute Gasteiger partial charge is 0.191 e. The van der Waals surface area contributed by atoms with Gasteiger partial charge in [0.05, 0.1) is 6.54 Å². The number of rotatable bonds is 7. The van der Waals surface area contributed by atoms with Crippen molar-refractivity contribution in [2.75, 3.05) is 13.6 Å². The van der Waals surface area contributed by atoms with Crippen molar-refractivity contribution in [3.8, 4) is 0 Å². The molecule has 1 heterocycles. The second-order valence-corrected chi connectivity index (χ2v) is 5.93. The fraction of sp³-hybridized carbons (Fsp3) is 0.500. The summed E-state index contributed by atoms with van der Waals surface area (Å²) in [5, 5.41) is 10.9. The second kappa shape index (κ2) is 8.47. The first-order valence-corrected chi connectivity index (χ1v) is 8.48. The van der Waals surface area contributed by atoms with E-state index in [0.717, 1.165) is 31.2 Å². The maximum atomic E-state index is 4.32. The molecule has 6 heteroatoms. The van der Waals surface area contributed by atoms with Crippen LogP contribution in [0.1, 0.15) is 38.1 Å². The molecule has 0 saturated carbocycles. The van der Waals surface area contributed by atoms with Gasteiger partial charge in [-0.1, -0.05) is 44.2 Å². The number of nitrogens with zero attached hydrogens (tertiary/aromatic N) is 4. The molecule has 0 amide bonds. The molecule has 0 fully saturated rings. The Morgan fingerprint density at radius 2 is 1.88 bits per heavy atom. The normalized spacial score (nSPS) is 12.2. The van der Waals surface area contributed by atoms with E-state index < -0.39 is 0 Å². The minimum atomic E-state index is 0.101. The van der Waals surface area contributed by atoms with E-state index in [2.05, 4.69) is 69.9 Å². The van der Waals surface area contributed by atoms with Crippen LogP contribution in [-0.2, 0) is 19.0 Å². The van der Waals surface area contributed by atoms with E-state index in [0.29, 0.717) is 6.54 Å². The highest BCUT2D eigenvalue weighted by Gasteiger charge is 2.28. The zero-order valence-electron chi connectivity index (χ0n) is 15.1. The summed E-state index contributed by atoms with van der Waals surface area (Å²) >= 11 is 0. The van der Waals surface area contributed by atoms with E-state index in [1.165, 1.54) is 5.56 Å². The summed E-state index contributed by atoms with van der Waals surface area (Å²) in [5.74, 6) is 1.65. The van der Waals surface area contributed by atoms with Gasteiger partial charge in [-0.15, -0.1) is 0 Å². The molecule has 0 atom stereocenters. The molecule has 0 saturated heterocycles. The van der Waals surface area contributed by atoms with Crippen LogP contribution in [-0.4, -0.2) is 34.3 Å². The molecule has 2 N–H and O–H groups in total. The molecule has 130 valence electrons. The molecule has 1 aromatic heterocycles. The SMILES string of the molecule is CCC(CC)(CNC(=NC)NCc1ncnn1C)c1ccccc1. The summed E-state index contributed by atoms with van der Waals surface area (Å²) in [7, 11) is 3.67. The number of benzene rings is 1. The Morgan fingerprint density at radius 3 is 2.42 bits per heavy atom. The van der Waals surface area contributed by atoms with E-state index in [1.54, 1.807) is 18.1 Å². The lowest BCUT2D eigenvalue weighted by molar-refractivity contribution is 0.389. The van der Waals surface area contributed by atoms with Crippen LogP contribution in [0.25, 0.3) is 0 Å². The van der Waals surface area contributed by atoms with Crippen LogP contribution >= 0.6 is 0 Å². The lowest BCUT2D eigenvalue weighted by atomic mass is 9.76. The fourth-order valence-corrected chi connectivity index (χ4v) is 2.92. The largest absolute Gasteiger partial charge is 0.356 e. The van der Waals surface area contributed by atoms with E-state index in [9.17, 15) is 0 Å². The molecule has 24 heavy (non-hydrogen) atoms. The minimum absolute atomic E-state index is 0.101. The monoisotopic (exact) mass is 328 g/mol. The van der Waals surface area contributed by atoms with Crippen LogP contribution < -0.4 is 10.6 Å².